The Morgan fingerprint density at radius 2 is 2.14 bits per heavy atom. The molecule has 2 atom stereocenters. The highest BCUT2D eigenvalue weighted by Gasteiger charge is 2.42. The zero-order valence-corrected chi connectivity index (χ0v) is 16.2. The van der Waals surface area contributed by atoms with E-state index in [9.17, 15) is 14.0 Å². The average molecular weight is 390 g/mol. The standard InChI is InChI=1S/C21H27FN2O4/c1-27-12-6-11-23-20(25)14-24-17-9-4-5-10-18(17)28-19(21(24)26)13-15-7-2-3-8-16(15)22/h2-3,7-8,13,17-18H,4-6,9-12,14H2,1H3,(H,23,25)/b19-13-. The van der Waals surface area contributed by atoms with Gasteiger partial charge in [0, 0.05) is 25.8 Å². The fraction of sp³-hybridized carbons (Fsp3) is 0.524. The van der Waals surface area contributed by atoms with Crippen molar-refractivity contribution in [3.8, 4) is 0 Å². The maximum absolute atomic E-state index is 14.0. The Hall–Kier alpha value is -2.41. The Bertz CT molecular complexity index is 737. The molecule has 1 aromatic carbocycles. The van der Waals surface area contributed by atoms with Gasteiger partial charge >= 0.3 is 0 Å². The van der Waals surface area contributed by atoms with Gasteiger partial charge in [-0.25, -0.2) is 4.39 Å². The fourth-order valence-electron chi connectivity index (χ4n) is 3.75. The molecule has 152 valence electrons. The number of rotatable bonds is 7. The molecule has 1 N–H and O–H groups in total. The highest BCUT2D eigenvalue weighted by molar-refractivity contribution is 5.98. The minimum absolute atomic E-state index is 0.0229. The van der Waals surface area contributed by atoms with Crippen LogP contribution in [0.15, 0.2) is 30.0 Å². The monoisotopic (exact) mass is 390 g/mol. The number of amides is 2. The zero-order chi connectivity index (χ0) is 19.9. The molecule has 1 heterocycles. The first-order chi connectivity index (χ1) is 13.6. The average Bonchev–Trinajstić information content (AvgIpc) is 2.70. The van der Waals surface area contributed by atoms with E-state index in [0.29, 0.717) is 25.1 Å². The highest BCUT2D eigenvalue weighted by Crippen LogP contribution is 2.33. The smallest absolute Gasteiger partial charge is 0.289 e. The quantitative estimate of drug-likeness (QED) is 0.574. The van der Waals surface area contributed by atoms with Gasteiger partial charge in [0.2, 0.25) is 5.91 Å². The number of carbonyl (C=O) groups excluding carboxylic acids is 2. The van der Waals surface area contributed by atoms with Crippen molar-refractivity contribution < 1.29 is 23.5 Å². The molecule has 0 bridgehead atoms. The lowest BCUT2D eigenvalue weighted by atomic mass is 9.89. The number of fused-ring (bicyclic) bond motifs is 1. The predicted molar refractivity (Wildman–Crippen MR) is 103 cm³/mol. The number of nitrogens with one attached hydrogen (secondary N) is 1. The van der Waals surface area contributed by atoms with Crippen LogP contribution in [0.4, 0.5) is 4.39 Å². The number of hydrogen-bond donors (Lipinski definition) is 1. The van der Waals surface area contributed by atoms with Crippen molar-refractivity contribution in [3.63, 3.8) is 0 Å². The molecule has 1 saturated heterocycles. The maximum Gasteiger partial charge on any atom is 0.289 e. The van der Waals surface area contributed by atoms with Crippen molar-refractivity contribution in [1.29, 1.82) is 0 Å². The third-order valence-electron chi connectivity index (χ3n) is 5.17. The van der Waals surface area contributed by atoms with Crippen LogP contribution in [0.1, 0.15) is 37.7 Å². The minimum atomic E-state index is -0.417. The highest BCUT2D eigenvalue weighted by atomic mass is 19.1. The van der Waals surface area contributed by atoms with Crippen LogP contribution >= 0.6 is 0 Å². The Morgan fingerprint density at radius 1 is 1.36 bits per heavy atom. The SMILES string of the molecule is COCCCNC(=O)CN1C(=O)/C(=C/c2ccccc2F)OC2CCCCC21. The molecular weight excluding hydrogens is 363 g/mol. The first kappa shape index (κ1) is 20.3. The van der Waals surface area contributed by atoms with E-state index in [0.717, 1.165) is 25.7 Å². The lowest BCUT2D eigenvalue weighted by Crippen LogP contribution is -2.57. The molecule has 1 aliphatic heterocycles. The molecule has 1 saturated carbocycles. The molecule has 3 rings (SSSR count). The number of nitrogens with zero attached hydrogens (tertiary/aromatic N) is 1. The minimum Gasteiger partial charge on any atom is -0.482 e. The summed E-state index contributed by atoms with van der Waals surface area (Å²) in [5.41, 5.74) is 0.295. The van der Waals surface area contributed by atoms with Crippen molar-refractivity contribution in [1.82, 2.24) is 10.2 Å². The fourth-order valence-corrected chi connectivity index (χ4v) is 3.75. The van der Waals surface area contributed by atoms with Crippen molar-refractivity contribution in [2.24, 2.45) is 0 Å². The summed E-state index contributed by atoms with van der Waals surface area (Å²) in [5.74, 6) is -0.889. The zero-order valence-electron chi connectivity index (χ0n) is 16.2. The largest absolute Gasteiger partial charge is 0.482 e. The Kier molecular flexibility index (Phi) is 7.03. The number of ether oxygens (including phenoxy) is 2. The summed E-state index contributed by atoms with van der Waals surface area (Å²) in [6.45, 7) is 1.04. The second-order valence-corrected chi connectivity index (χ2v) is 7.17. The number of benzene rings is 1. The van der Waals surface area contributed by atoms with Gasteiger partial charge < -0.3 is 19.7 Å². The summed E-state index contributed by atoms with van der Waals surface area (Å²) < 4.78 is 24.9. The lowest BCUT2D eigenvalue weighted by Gasteiger charge is -2.44. The van der Waals surface area contributed by atoms with Crippen LogP contribution < -0.4 is 5.32 Å². The number of hydrogen-bond acceptors (Lipinski definition) is 4. The summed E-state index contributed by atoms with van der Waals surface area (Å²) in [7, 11) is 1.61. The molecule has 0 aromatic heterocycles. The summed E-state index contributed by atoms with van der Waals surface area (Å²) >= 11 is 0. The second kappa shape index (κ2) is 9.68. The van der Waals surface area contributed by atoms with Crippen LogP contribution in [0.3, 0.4) is 0 Å². The van der Waals surface area contributed by atoms with Crippen molar-refractivity contribution in [3.05, 3.63) is 41.4 Å². The van der Waals surface area contributed by atoms with Crippen molar-refractivity contribution in [2.75, 3.05) is 26.8 Å². The Labute approximate surface area is 164 Å². The van der Waals surface area contributed by atoms with Crippen molar-refractivity contribution in [2.45, 2.75) is 44.2 Å². The summed E-state index contributed by atoms with van der Waals surface area (Å²) in [6, 6.07) is 6.12. The third kappa shape index (κ3) is 4.90. The van der Waals surface area contributed by atoms with Crippen LogP contribution in [0.25, 0.3) is 6.08 Å². The van der Waals surface area contributed by atoms with E-state index < -0.39 is 5.82 Å². The van der Waals surface area contributed by atoms with Gasteiger partial charge in [-0.3, -0.25) is 9.59 Å². The lowest BCUT2D eigenvalue weighted by molar-refractivity contribution is -0.151. The van der Waals surface area contributed by atoms with Crippen LogP contribution in [0, 0.1) is 5.82 Å². The van der Waals surface area contributed by atoms with Gasteiger partial charge in [-0.1, -0.05) is 24.6 Å². The number of halogens is 1. The molecule has 1 aromatic rings. The Morgan fingerprint density at radius 3 is 2.93 bits per heavy atom. The van der Waals surface area contributed by atoms with Gasteiger partial charge in [0.25, 0.3) is 5.91 Å². The second-order valence-electron chi connectivity index (χ2n) is 7.17. The number of carbonyl (C=O) groups is 2. The first-order valence-corrected chi connectivity index (χ1v) is 9.79. The molecule has 2 unspecified atom stereocenters. The van der Waals surface area contributed by atoms with Gasteiger partial charge in [0.1, 0.15) is 18.5 Å². The topological polar surface area (TPSA) is 67.9 Å². The molecule has 2 amide bonds. The van der Waals surface area contributed by atoms with Crippen LogP contribution in [-0.4, -0.2) is 55.7 Å². The molecule has 7 heteroatoms. The molecule has 1 aliphatic carbocycles. The number of morpholine rings is 1. The van der Waals surface area contributed by atoms with E-state index >= 15 is 0 Å². The molecule has 0 radical (unpaired) electrons. The van der Waals surface area contributed by atoms with E-state index in [-0.39, 0.29) is 36.3 Å². The van der Waals surface area contributed by atoms with Gasteiger partial charge in [-0.05, 0) is 37.8 Å². The van der Waals surface area contributed by atoms with Gasteiger partial charge in [-0.15, -0.1) is 0 Å². The van der Waals surface area contributed by atoms with E-state index in [2.05, 4.69) is 5.32 Å². The van der Waals surface area contributed by atoms with E-state index in [4.69, 9.17) is 9.47 Å². The molecule has 6 nitrogen and oxygen atoms in total. The molecule has 28 heavy (non-hydrogen) atoms. The van der Waals surface area contributed by atoms with Gasteiger partial charge in [0.15, 0.2) is 5.76 Å². The first-order valence-electron chi connectivity index (χ1n) is 9.79. The molecule has 0 spiro atoms. The van der Waals surface area contributed by atoms with Gasteiger partial charge in [0.05, 0.1) is 6.04 Å². The van der Waals surface area contributed by atoms with Gasteiger partial charge in [-0.2, -0.15) is 0 Å². The third-order valence-corrected chi connectivity index (χ3v) is 5.17. The Balaban J connectivity index is 1.75. The molecule has 2 aliphatic rings. The summed E-state index contributed by atoms with van der Waals surface area (Å²) in [5, 5.41) is 2.82. The molecule has 2 fully saturated rings. The summed E-state index contributed by atoms with van der Waals surface area (Å²) in [4.78, 5) is 27.0. The van der Waals surface area contributed by atoms with Crippen LogP contribution in [0.2, 0.25) is 0 Å². The van der Waals surface area contributed by atoms with Crippen molar-refractivity contribution >= 4 is 17.9 Å². The van der Waals surface area contributed by atoms with Crippen LogP contribution in [-0.2, 0) is 19.1 Å². The van der Waals surface area contributed by atoms with E-state index in [1.165, 1.54) is 12.1 Å². The van der Waals surface area contributed by atoms with E-state index in [1.54, 1.807) is 30.2 Å². The predicted octanol–water partition coefficient (Wildman–Crippen LogP) is 2.49. The van der Waals surface area contributed by atoms with Crippen LogP contribution in [0.5, 0.6) is 0 Å². The maximum atomic E-state index is 14.0. The summed E-state index contributed by atoms with van der Waals surface area (Å²) in [6.07, 6.45) is 5.62. The normalized spacial score (nSPS) is 23.3. The molecular formula is C21H27FN2O4. The number of methoxy groups -OCH3 is 1. The van der Waals surface area contributed by atoms with E-state index in [1.807, 2.05) is 0 Å².